The first kappa shape index (κ1) is 16.5. The van der Waals surface area contributed by atoms with E-state index in [1.807, 2.05) is 0 Å². The van der Waals surface area contributed by atoms with Crippen LogP contribution in [0.5, 0.6) is 0 Å². The Labute approximate surface area is 129 Å². The molecule has 0 aromatic carbocycles. The second-order valence-electron chi connectivity index (χ2n) is 5.63. The van der Waals surface area contributed by atoms with Crippen molar-refractivity contribution in [2.75, 3.05) is 19.8 Å². The Hall–Kier alpha value is -1.86. The maximum Gasteiger partial charge on any atom is 0.294 e. The molecule has 0 aromatic heterocycles. The fraction of sp³-hybridized carbons (Fsp3) is 0.857. The monoisotopic (exact) mass is 313 g/mol. The zero-order valence-electron chi connectivity index (χ0n) is 12.9. The molecule has 1 atom stereocenters. The number of aliphatic imine (C=N–C) groups is 1. The van der Waals surface area contributed by atoms with E-state index >= 15 is 0 Å². The summed E-state index contributed by atoms with van der Waals surface area (Å²) in [5, 5.41) is 9.29. The van der Waals surface area contributed by atoms with E-state index < -0.39 is 5.09 Å². The third kappa shape index (κ3) is 4.57. The molecule has 1 amide bonds. The fourth-order valence-corrected chi connectivity index (χ4v) is 2.74. The number of carbonyl (C=O) groups is 1. The van der Waals surface area contributed by atoms with Crippen LogP contribution >= 0.6 is 0 Å². The standard InChI is InChI=1S/C14H23N3O5/c1-2-4-12(11-6-7-11)16(14-15-8-10-21-14)13(18)5-3-9-22-17(19)20/h11-12H,2-10H2,1H3. The summed E-state index contributed by atoms with van der Waals surface area (Å²) in [6.07, 6.45) is 4.68. The van der Waals surface area contributed by atoms with Crippen molar-refractivity contribution in [1.29, 1.82) is 0 Å². The lowest BCUT2D eigenvalue weighted by atomic mass is 10.0. The van der Waals surface area contributed by atoms with Gasteiger partial charge in [0.2, 0.25) is 5.91 Å². The summed E-state index contributed by atoms with van der Waals surface area (Å²) in [7, 11) is 0. The van der Waals surface area contributed by atoms with Gasteiger partial charge < -0.3 is 9.57 Å². The summed E-state index contributed by atoms with van der Waals surface area (Å²) in [6.45, 7) is 3.11. The number of ether oxygens (including phenoxy) is 1. The Morgan fingerprint density at radius 2 is 2.36 bits per heavy atom. The lowest BCUT2D eigenvalue weighted by molar-refractivity contribution is -0.757. The Bertz CT molecular complexity index is 436. The van der Waals surface area contributed by atoms with Crippen LogP contribution in [-0.2, 0) is 14.4 Å². The van der Waals surface area contributed by atoms with Crippen LogP contribution in [0.15, 0.2) is 4.99 Å². The average molecular weight is 313 g/mol. The molecule has 1 aliphatic carbocycles. The zero-order chi connectivity index (χ0) is 15.9. The first-order valence-corrected chi connectivity index (χ1v) is 7.90. The minimum Gasteiger partial charge on any atom is -0.463 e. The highest BCUT2D eigenvalue weighted by atomic mass is 16.9. The summed E-state index contributed by atoms with van der Waals surface area (Å²) in [5.41, 5.74) is 0. The molecule has 8 heteroatoms. The van der Waals surface area contributed by atoms with Crippen LogP contribution < -0.4 is 0 Å². The van der Waals surface area contributed by atoms with Crippen LogP contribution in [0, 0.1) is 16.0 Å². The van der Waals surface area contributed by atoms with Crippen molar-refractivity contribution in [3.05, 3.63) is 10.1 Å². The summed E-state index contributed by atoms with van der Waals surface area (Å²) in [6, 6.07) is 0.552. The van der Waals surface area contributed by atoms with Crippen molar-refractivity contribution >= 4 is 11.9 Å². The quantitative estimate of drug-likeness (QED) is 0.367. The lowest BCUT2D eigenvalue weighted by Crippen LogP contribution is -2.46. The van der Waals surface area contributed by atoms with Gasteiger partial charge in [0.05, 0.1) is 13.2 Å². The van der Waals surface area contributed by atoms with Crippen LogP contribution in [0.4, 0.5) is 0 Å². The van der Waals surface area contributed by atoms with Crippen molar-refractivity contribution in [3.8, 4) is 0 Å². The minimum atomic E-state index is -0.837. The maximum absolute atomic E-state index is 12.6. The molecule has 1 fully saturated rings. The van der Waals surface area contributed by atoms with Crippen molar-refractivity contribution < 1.29 is 19.5 Å². The number of amidine groups is 1. The summed E-state index contributed by atoms with van der Waals surface area (Å²) >= 11 is 0. The van der Waals surface area contributed by atoms with Gasteiger partial charge in [-0.05, 0) is 31.6 Å². The molecule has 0 bridgehead atoms. The van der Waals surface area contributed by atoms with E-state index in [1.54, 1.807) is 4.90 Å². The van der Waals surface area contributed by atoms with Crippen LogP contribution in [0.25, 0.3) is 0 Å². The van der Waals surface area contributed by atoms with Gasteiger partial charge in [-0.3, -0.25) is 9.69 Å². The van der Waals surface area contributed by atoms with E-state index in [2.05, 4.69) is 16.8 Å². The van der Waals surface area contributed by atoms with Gasteiger partial charge in [-0.25, -0.2) is 4.99 Å². The molecule has 0 N–H and O–H groups in total. The molecule has 1 heterocycles. The van der Waals surface area contributed by atoms with Crippen molar-refractivity contribution in [2.45, 2.75) is 51.5 Å². The molecule has 0 saturated heterocycles. The van der Waals surface area contributed by atoms with E-state index in [0.717, 1.165) is 25.7 Å². The molecule has 8 nitrogen and oxygen atoms in total. The highest BCUT2D eigenvalue weighted by molar-refractivity contribution is 5.95. The van der Waals surface area contributed by atoms with Crippen LogP contribution in [-0.4, -0.2) is 47.7 Å². The van der Waals surface area contributed by atoms with E-state index in [1.165, 1.54) is 0 Å². The highest BCUT2D eigenvalue weighted by Gasteiger charge is 2.40. The van der Waals surface area contributed by atoms with Crippen LogP contribution in [0.3, 0.4) is 0 Å². The molecule has 0 spiro atoms. The predicted octanol–water partition coefficient (Wildman–Crippen LogP) is 1.77. The SMILES string of the molecule is CCCC(C1CC1)N(C(=O)CCCO[N+](=O)[O-])C1=NCCO1. The first-order valence-electron chi connectivity index (χ1n) is 7.90. The Kier molecular flexibility index (Phi) is 5.97. The van der Waals surface area contributed by atoms with E-state index in [9.17, 15) is 14.9 Å². The van der Waals surface area contributed by atoms with E-state index in [4.69, 9.17) is 4.74 Å². The fourth-order valence-electron chi connectivity index (χ4n) is 2.74. The zero-order valence-corrected chi connectivity index (χ0v) is 12.9. The van der Waals surface area contributed by atoms with Crippen molar-refractivity contribution in [1.82, 2.24) is 4.90 Å². The Morgan fingerprint density at radius 3 is 2.91 bits per heavy atom. The number of carbonyl (C=O) groups excluding carboxylic acids is 1. The number of hydrogen-bond acceptors (Lipinski definition) is 6. The molecule has 0 radical (unpaired) electrons. The molecule has 2 aliphatic rings. The lowest BCUT2D eigenvalue weighted by Gasteiger charge is -2.30. The molecule has 0 aromatic rings. The van der Waals surface area contributed by atoms with Gasteiger partial charge >= 0.3 is 0 Å². The summed E-state index contributed by atoms with van der Waals surface area (Å²) in [4.78, 5) is 32.9. The van der Waals surface area contributed by atoms with Gasteiger partial charge in [-0.1, -0.05) is 13.3 Å². The molecule has 22 heavy (non-hydrogen) atoms. The van der Waals surface area contributed by atoms with Crippen LogP contribution in [0.1, 0.15) is 45.4 Å². The molecule has 124 valence electrons. The van der Waals surface area contributed by atoms with Crippen molar-refractivity contribution in [2.24, 2.45) is 10.9 Å². The normalized spacial score (nSPS) is 18.3. The smallest absolute Gasteiger partial charge is 0.294 e. The summed E-state index contributed by atoms with van der Waals surface area (Å²) < 4.78 is 5.50. The average Bonchev–Trinajstić information content (AvgIpc) is 3.19. The van der Waals surface area contributed by atoms with Gasteiger partial charge in [0.15, 0.2) is 0 Å². The van der Waals surface area contributed by atoms with Gasteiger partial charge in [-0.15, -0.1) is 10.1 Å². The Balaban J connectivity index is 1.96. The van der Waals surface area contributed by atoms with Gasteiger partial charge in [0.1, 0.15) is 6.61 Å². The van der Waals surface area contributed by atoms with Gasteiger partial charge in [-0.2, -0.15) is 0 Å². The topological polar surface area (TPSA) is 94.3 Å². The highest BCUT2D eigenvalue weighted by Crippen LogP contribution is 2.38. The molecule has 2 rings (SSSR count). The maximum atomic E-state index is 12.6. The molecule has 1 aliphatic heterocycles. The number of rotatable bonds is 9. The number of hydrogen-bond donors (Lipinski definition) is 0. The second kappa shape index (κ2) is 7.95. The van der Waals surface area contributed by atoms with Crippen LogP contribution in [0.2, 0.25) is 0 Å². The van der Waals surface area contributed by atoms with Gasteiger partial charge in [0.25, 0.3) is 11.1 Å². The van der Waals surface area contributed by atoms with E-state index in [-0.39, 0.29) is 25.0 Å². The number of amides is 1. The molecular formula is C14H23N3O5. The predicted molar refractivity (Wildman–Crippen MR) is 78.7 cm³/mol. The molecule has 1 unspecified atom stereocenters. The second-order valence-corrected chi connectivity index (χ2v) is 5.63. The van der Waals surface area contributed by atoms with Crippen molar-refractivity contribution in [3.63, 3.8) is 0 Å². The third-order valence-electron chi connectivity index (χ3n) is 3.86. The molecule has 1 saturated carbocycles. The first-order chi connectivity index (χ1) is 10.6. The third-order valence-corrected chi connectivity index (χ3v) is 3.86. The van der Waals surface area contributed by atoms with E-state index in [0.29, 0.717) is 31.5 Å². The largest absolute Gasteiger partial charge is 0.463 e. The van der Waals surface area contributed by atoms with Gasteiger partial charge in [0, 0.05) is 12.5 Å². The summed E-state index contributed by atoms with van der Waals surface area (Å²) in [5.74, 6) is 0.434. The number of nitrogens with zero attached hydrogens (tertiary/aromatic N) is 3. The molecular weight excluding hydrogens is 290 g/mol. The Morgan fingerprint density at radius 1 is 1.59 bits per heavy atom. The minimum absolute atomic E-state index is 0.0677.